The van der Waals surface area contributed by atoms with E-state index < -0.39 is 0 Å². The van der Waals surface area contributed by atoms with Gasteiger partial charge in [-0.3, -0.25) is 4.90 Å². The van der Waals surface area contributed by atoms with Gasteiger partial charge in [-0.05, 0) is 67.0 Å². The Hall–Kier alpha value is -0.120. The van der Waals surface area contributed by atoms with Crippen molar-refractivity contribution in [1.29, 1.82) is 0 Å². The van der Waals surface area contributed by atoms with E-state index in [1.54, 1.807) is 0 Å². The molecule has 0 radical (unpaired) electrons. The molecule has 1 saturated heterocycles. The summed E-state index contributed by atoms with van der Waals surface area (Å²) in [6.45, 7) is 10.7. The van der Waals surface area contributed by atoms with Crippen LogP contribution >= 0.6 is 0 Å². The standard InChI is InChI=1S/C12H27N3/c1-12(2)11-13-7-5-9-15(12)10-6-8-14(3)4/h13H,5-11H2,1-4H3. The second-order valence-electron chi connectivity index (χ2n) is 5.49. The average molecular weight is 213 g/mol. The second-order valence-corrected chi connectivity index (χ2v) is 5.49. The molecule has 3 nitrogen and oxygen atoms in total. The number of hydrogen-bond donors (Lipinski definition) is 1. The topological polar surface area (TPSA) is 18.5 Å². The van der Waals surface area contributed by atoms with Crippen LogP contribution < -0.4 is 5.32 Å². The lowest BCUT2D eigenvalue weighted by molar-refractivity contribution is 0.128. The van der Waals surface area contributed by atoms with Crippen molar-refractivity contribution in [3.8, 4) is 0 Å². The van der Waals surface area contributed by atoms with Crippen molar-refractivity contribution in [2.75, 3.05) is 46.8 Å². The lowest BCUT2D eigenvalue weighted by Crippen LogP contribution is -2.49. The van der Waals surface area contributed by atoms with Gasteiger partial charge in [-0.1, -0.05) is 0 Å². The molecule has 0 saturated carbocycles. The highest BCUT2D eigenvalue weighted by atomic mass is 15.2. The molecule has 1 aliphatic rings. The Morgan fingerprint density at radius 3 is 2.73 bits per heavy atom. The molecular formula is C12H27N3. The van der Waals surface area contributed by atoms with E-state index in [1.807, 2.05) is 0 Å². The molecule has 0 unspecified atom stereocenters. The first-order valence-electron chi connectivity index (χ1n) is 6.13. The summed E-state index contributed by atoms with van der Waals surface area (Å²) in [6, 6.07) is 0. The number of nitrogens with zero attached hydrogens (tertiary/aromatic N) is 2. The molecule has 0 spiro atoms. The molecule has 1 N–H and O–H groups in total. The van der Waals surface area contributed by atoms with Crippen molar-refractivity contribution >= 4 is 0 Å². The van der Waals surface area contributed by atoms with E-state index in [0.717, 1.165) is 6.54 Å². The smallest absolute Gasteiger partial charge is 0.0277 e. The minimum Gasteiger partial charge on any atom is -0.315 e. The lowest BCUT2D eigenvalue weighted by atomic mass is 10.0. The van der Waals surface area contributed by atoms with Crippen LogP contribution in [-0.4, -0.2) is 62.2 Å². The molecule has 1 fully saturated rings. The minimum atomic E-state index is 0.322. The van der Waals surface area contributed by atoms with E-state index in [-0.39, 0.29) is 0 Å². The highest BCUT2D eigenvalue weighted by molar-refractivity contribution is 4.86. The molecule has 1 rings (SSSR count). The van der Waals surface area contributed by atoms with Gasteiger partial charge in [-0.25, -0.2) is 0 Å². The van der Waals surface area contributed by atoms with E-state index in [2.05, 4.69) is 43.1 Å². The zero-order chi connectivity index (χ0) is 11.3. The Balaban J connectivity index is 2.35. The molecule has 0 amide bonds. The fourth-order valence-corrected chi connectivity index (χ4v) is 2.20. The van der Waals surface area contributed by atoms with Crippen LogP contribution in [0.3, 0.4) is 0 Å². The molecule has 0 aromatic rings. The van der Waals surface area contributed by atoms with Crippen LogP contribution in [0.2, 0.25) is 0 Å². The molecule has 0 atom stereocenters. The number of rotatable bonds is 4. The Kier molecular flexibility index (Phi) is 5.03. The summed E-state index contributed by atoms with van der Waals surface area (Å²) in [4.78, 5) is 4.90. The molecule has 0 aromatic carbocycles. The first kappa shape index (κ1) is 12.9. The summed E-state index contributed by atoms with van der Waals surface area (Å²) in [7, 11) is 4.30. The van der Waals surface area contributed by atoms with E-state index in [1.165, 1.54) is 39.0 Å². The fraction of sp³-hybridized carbons (Fsp3) is 1.00. The van der Waals surface area contributed by atoms with Gasteiger partial charge in [-0.2, -0.15) is 0 Å². The maximum absolute atomic E-state index is 3.51. The summed E-state index contributed by atoms with van der Waals surface area (Å²) < 4.78 is 0. The van der Waals surface area contributed by atoms with E-state index in [9.17, 15) is 0 Å². The Morgan fingerprint density at radius 1 is 1.33 bits per heavy atom. The maximum atomic E-state index is 3.51. The number of hydrogen-bond acceptors (Lipinski definition) is 3. The van der Waals surface area contributed by atoms with Crippen molar-refractivity contribution in [3.05, 3.63) is 0 Å². The predicted octanol–water partition coefficient (Wildman–Crippen LogP) is 1.01. The van der Waals surface area contributed by atoms with Crippen LogP contribution in [0.1, 0.15) is 26.7 Å². The molecule has 90 valence electrons. The van der Waals surface area contributed by atoms with Crippen LogP contribution in [0, 0.1) is 0 Å². The first-order chi connectivity index (χ1) is 7.02. The zero-order valence-electron chi connectivity index (χ0n) is 10.8. The molecule has 15 heavy (non-hydrogen) atoms. The summed E-state index contributed by atoms with van der Waals surface area (Å²) in [5.41, 5.74) is 0.322. The quantitative estimate of drug-likeness (QED) is 0.752. The van der Waals surface area contributed by atoms with Crippen LogP contribution in [0.25, 0.3) is 0 Å². The third-order valence-electron chi connectivity index (χ3n) is 3.23. The van der Waals surface area contributed by atoms with Gasteiger partial charge in [0.15, 0.2) is 0 Å². The van der Waals surface area contributed by atoms with Crippen molar-refractivity contribution < 1.29 is 0 Å². The second kappa shape index (κ2) is 5.83. The zero-order valence-corrected chi connectivity index (χ0v) is 10.8. The van der Waals surface area contributed by atoms with Crippen LogP contribution in [0.5, 0.6) is 0 Å². The van der Waals surface area contributed by atoms with Crippen LogP contribution in [0.15, 0.2) is 0 Å². The van der Waals surface area contributed by atoms with Crippen LogP contribution in [0.4, 0.5) is 0 Å². The van der Waals surface area contributed by atoms with E-state index >= 15 is 0 Å². The summed E-state index contributed by atoms with van der Waals surface area (Å²) >= 11 is 0. The highest BCUT2D eigenvalue weighted by Crippen LogP contribution is 2.16. The van der Waals surface area contributed by atoms with E-state index in [4.69, 9.17) is 0 Å². The van der Waals surface area contributed by atoms with Gasteiger partial charge in [0.2, 0.25) is 0 Å². The molecule has 0 bridgehead atoms. The largest absolute Gasteiger partial charge is 0.315 e. The van der Waals surface area contributed by atoms with Gasteiger partial charge >= 0.3 is 0 Å². The van der Waals surface area contributed by atoms with Crippen molar-refractivity contribution in [3.63, 3.8) is 0 Å². The fourth-order valence-electron chi connectivity index (χ4n) is 2.20. The monoisotopic (exact) mass is 213 g/mol. The van der Waals surface area contributed by atoms with Gasteiger partial charge in [0.25, 0.3) is 0 Å². The Labute approximate surface area is 94.8 Å². The Morgan fingerprint density at radius 2 is 2.07 bits per heavy atom. The molecular weight excluding hydrogens is 186 g/mol. The molecule has 0 aliphatic carbocycles. The van der Waals surface area contributed by atoms with Crippen molar-refractivity contribution in [2.24, 2.45) is 0 Å². The third-order valence-corrected chi connectivity index (χ3v) is 3.23. The van der Waals surface area contributed by atoms with Gasteiger partial charge in [0.05, 0.1) is 0 Å². The maximum Gasteiger partial charge on any atom is 0.0277 e. The minimum absolute atomic E-state index is 0.322. The summed E-state index contributed by atoms with van der Waals surface area (Å²) in [6.07, 6.45) is 2.56. The molecule has 3 heteroatoms. The molecule has 0 aromatic heterocycles. The van der Waals surface area contributed by atoms with Crippen molar-refractivity contribution in [2.45, 2.75) is 32.2 Å². The molecule has 1 aliphatic heterocycles. The first-order valence-corrected chi connectivity index (χ1v) is 6.13. The number of nitrogens with one attached hydrogen (secondary N) is 1. The van der Waals surface area contributed by atoms with Gasteiger partial charge in [-0.15, -0.1) is 0 Å². The summed E-state index contributed by atoms with van der Waals surface area (Å²) in [5, 5.41) is 3.51. The van der Waals surface area contributed by atoms with Gasteiger partial charge < -0.3 is 10.2 Å². The SMILES string of the molecule is CN(C)CCCN1CCCNCC1(C)C. The third kappa shape index (κ3) is 4.49. The average Bonchev–Trinajstić information content (AvgIpc) is 2.28. The van der Waals surface area contributed by atoms with Gasteiger partial charge in [0, 0.05) is 12.1 Å². The predicted molar refractivity (Wildman–Crippen MR) is 66.3 cm³/mol. The van der Waals surface area contributed by atoms with Crippen LogP contribution in [-0.2, 0) is 0 Å². The normalized spacial score (nSPS) is 23.0. The summed E-state index contributed by atoms with van der Waals surface area (Å²) in [5.74, 6) is 0. The highest BCUT2D eigenvalue weighted by Gasteiger charge is 2.27. The molecule has 1 heterocycles. The van der Waals surface area contributed by atoms with Crippen molar-refractivity contribution in [1.82, 2.24) is 15.1 Å². The Bertz CT molecular complexity index is 178. The lowest BCUT2D eigenvalue weighted by Gasteiger charge is -2.37. The van der Waals surface area contributed by atoms with Gasteiger partial charge in [0.1, 0.15) is 0 Å². The van der Waals surface area contributed by atoms with E-state index in [0.29, 0.717) is 5.54 Å².